The number of para-hydroxylation sites is 1. The van der Waals surface area contributed by atoms with Gasteiger partial charge in [-0.25, -0.2) is 9.97 Å². The molecule has 3 heterocycles. The number of aromatic nitrogens is 5. The number of benzene rings is 3. The van der Waals surface area contributed by atoms with Crippen molar-refractivity contribution in [3.8, 4) is 0 Å². The number of fused-ring (bicyclic) bond motifs is 3. The van der Waals surface area contributed by atoms with Crippen molar-refractivity contribution in [3.63, 3.8) is 0 Å². The molecule has 150 valence electrons. The summed E-state index contributed by atoms with van der Waals surface area (Å²) in [4.78, 5) is 25.1. The summed E-state index contributed by atoms with van der Waals surface area (Å²) in [5, 5.41) is 14.8. The molecule has 31 heavy (non-hydrogen) atoms. The third kappa shape index (κ3) is 3.26. The third-order valence-electron chi connectivity index (χ3n) is 4.96. The Morgan fingerprint density at radius 1 is 0.935 bits per heavy atom. The van der Waals surface area contributed by atoms with Gasteiger partial charge in [-0.2, -0.15) is 5.10 Å². The van der Waals surface area contributed by atoms with Gasteiger partial charge in [-0.05, 0) is 48.5 Å². The minimum Gasteiger partial charge on any atom is -0.324 e. The van der Waals surface area contributed by atoms with Gasteiger partial charge in [-0.1, -0.05) is 23.5 Å². The number of thiazole rings is 1. The number of carbonyl (C=O) groups excluding carboxylic acids is 1. The summed E-state index contributed by atoms with van der Waals surface area (Å²) in [6.07, 6.45) is 1.74. The maximum absolute atomic E-state index is 12.7. The van der Waals surface area contributed by atoms with E-state index in [1.54, 1.807) is 29.7 Å². The second-order valence-corrected chi connectivity index (χ2v) is 8.09. The lowest BCUT2D eigenvalue weighted by atomic mass is 10.1. The Kier molecular flexibility index (Phi) is 3.93. The highest BCUT2D eigenvalue weighted by atomic mass is 32.1. The second kappa shape index (κ2) is 6.92. The Bertz CT molecular complexity index is 1550. The average Bonchev–Trinajstić information content (AvgIpc) is 3.49. The van der Waals surface area contributed by atoms with Gasteiger partial charge in [-0.15, -0.1) is 0 Å². The van der Waals surface area contributed by atoms with E-state index in [0.717, 1.165) is 31.8 Å². The minimum atomic E-state index is -0.204. The van der Waals surface area contributed by atoms with Crippen LogP contribution >= 0.6 is 11.3 Å². The first-order valence-corrected chi connectivity index (χ1v) is 10.4. The fourth-order valence-corrected chi connectivity index (χ4v) is 4.32. The lowest BCUT2D eigenvalue weighted by Crippen LogP contribution is -2.11. The van der Waals surface area contributed by atoms with Crippen molar-refractivity contribution in [2.45, 2.75) is 0 Å². The Balaban J connectivity index is 1.24. The molecule has 6 aromatic rings. The zero-order valence-corrected chi connectivity index (χ0v) is 16.8. The van der Waals surface area contributed by atoms with Crippen molar-refractivity contribution >= 4 is 66.2 Å². The van der Waals surface area contributed by atoms with Crippen molar-refractivity contribution in [1.29, 1.82) is 0 Å². The molecule has 0 spiro atoms. The number of hydrogen-bond donors (Lipinski definition) is 4. The van der Waals surface area contributed by atoms with Gasteiger partial charge >= 0.3 is 0 Å². The zero-order chi connectivity index (χ0) is 20.8. The molecule has 3 aromatic carbocycles. The first-order chi connectivity index (χ1) is 15.2. The molecule has 0 saturated carbocycles. The maximum Gasteiger partial charge on any atom is 0.255 e. The lowest BCUT2D eigenvalue weighted by Gasteiger charge is -2.05. The smallest absolute Gasteiger partial charge is 0.255 e. The van der Waals surface area contributed by atoms with Crippen LogP contribution in [0.4, 0.5) is 16.8 Å². The van der Waals surface area contributed by atoms with E-state index >= 15 is 0 Å². The van der Waals surface area contributed by atoms with Crippen molar-refractivity contribution in [2.24, 2.45) is 0 Å². The van der Waals surface area contributed by atoms with Crippen molar-refractivity contribution in [3.05, 3.63) is 72.4 Å². The molecule has 0 atom stereocenters. The predicted molar refractivity (Wildman–Crippen MR) is 123 cm³/mol. The Labute approximate surface area is 179 Å². The SMILES string of the molecule is O=C(Nc1ccc2cn[nH]c2c1)c1ccc2[nH]c(Nc3nc4ccccc4s3)nc2c1. The first-order valence-electron chi connectivity index (χ1n) is 9.58. The molecule has 3 aromatic heterocycles. The molecule has 0 radical (unpaired) electrons. The predicted octanol–water partition coefficient (Wildman–Crippen LogP) is 5.04. The summed E-state index contributed by atoms with van der Waals surface area (Å²) in [6.45, 7) is 0. The van der Waals surface area contributed by atoms with Crippen LogP contribution in [-0.2, 0) is 0 Å². The summed E-state index contributed by atoms with van der Waals surface area (Å²) < 4.78 is 1.10. The molecule has 0 bridgehead atoms. The van der Waals surface area contributed by atoms with Gasteiger partial charge in [0.25, 0.3) is 5.91 Å². The topological polar surface area (TPSA) is 111 Å². The number of aromatic amines is 2. The van der Waals surface area contributed by atoms with Gasteiger partial charge in [0.15, 0.2) is 5.13 Å². The van der Waals surface area contributed by atoms with E-state index < -0.39 is 0 Å². The molecule has 0 aliphatic heterocycles. The van der Waals surface area contributed by atoms with Gasteiger partial charge < -0.3 is 15.6 Å². The van der Waals surface area contributed by atoms with Crippen molar-refractivity contribution in [1.82, 2.24) is 25.1 Å². The van der Waals surface area contributed by atoms with Crippen LogP contribution in [0, 0.1) is 0 Å². The van der Waals surface area contributed by atoms with Crippen LogP contribution in [0.15, 0.2) is 66.9 Å². The Morgan fingerprint density at radius 2 is 1.87 bits per heavy atom. The van der Waals surface area contributed by atoms with Crippen LogP contribution in [0.2, 0.25) is 0 Å². The number of amides is 1. The molecular formula is C22H15N7OS. The number of rotatable bonds is 4. The lowest BCUT2D eigenvalue weighted by molar-refractivity contribution is 0.102. The summed E-state index contributed by atoms with van der Waals surface area (Å²) in [5.74, 6) is 0.376. The number of carbonyl (C=O) groups is 1. The number of nitrogens with zero attached hydrogens (tertiary/aromatic N) is 3. The van der Waals surface area contributed by atoms with Crippen LogP contribution in [0.25, 0.3) is 32.2 Å². The molecule has 0 saturated heterocycles. The van der Waals surface area contributed by atoms with Crippen LogP contribution in [-0.4, -0.2) is 31.1 Å². The average molecular weight is 425 g/mol. The monoisotopic (exact) mass is 425 g/mol. The number of anilines is 3. The molecule has 0 aliphatic rings. The van der Waals surface area contributed by atoms with Gasteiger partial charge in [0.05, 0.1) is 33.0 Å². The largest absolute Gasteiger partial charge is 0.324 e. The summed E-state index contributed by atoms with van der Waals surface area (Å²) in [5.41, 5.74) is 4.56. The Hall–Kier alpha value is -4.24. The second-order valence-electron chi connectivity index (χ2n) is 7.06. The molecule has 6 rings (SSSR count). The summed E-state index contributed by atoms with van der Waals surface area (Å²) in [6, 6.07) is 19.0. The highest BCUT2D eigenvalue weighted by molar-refractivity contribution is 7.22. The zero-order valence-electron chi connectivity index (χ0n) is 16.0. The molecule has 9 heteroatoms. The molecule has 0 unspecified atom stereocenters. The quantitative estimate of drug-likeness (QED) is 0.316. The highest BCUT2D eigenvalue weighted by Crippen LogP contribution is 2.28. The van der Waals surface area contributed by atoms with Crippen LogP contribution in [0.3, 0.4) is 0 Å². The van der Waals surface area contributed by atoms with E-state index in [1.165, 1.54) is 0 Å². The molecular weight excluding hydrogens is 410 g/mol. The van der Waals surface area contributed by atoms with Gasteiger partial charge in [-0.3, -0.25) is 9.89 Å². The molecule has 4 N–H and O–H groups in total. The van der Waals surface area contributed by atoms with Crippen molar-refractivity contribution < 1.29 is 4.79 Å². The number of H-pyrrole nitrogens is 2. The Morgan fingerprint density at radius 3 is 2.81 bits per heavy atom. The van der Waals surface area contributed by atoms with E-state index in [2.05, 4.69) is 35.8 Å². The third-order valence-corrected chi connectivity index (χ3v) is 5.92. The minimum absolute atomic E-state index is 0.204. The maximum atomic E-state index is 12.7. The standard InChI is InChI=1S/C22H15N7OS/c30-20(24-14-7-5-13-11-23-29-17(13)10-14)12-6-8-15-18(9-12)26-21(25-15)28-22-27-16-3-1-2-4-19(16)31-22/h1-11H,(H,23,29)(H,24,30)(H2,25,26,27,28). The van der Waals surface area contributed by atoms with E-state index in [0.29, 0.717) is 22.7 Å². The summed E-state index contributed by atoms with van der Waals surface area (Å²) in [7, 11) is 0. The van der Waals surface area contributed by atoms with Gasteiger partial charge in [0.2, 0.25) is 5.95 Å². The van der Waals surface area contributed by atoms with Crippen LogP contribution in [0.5, 0.6) is 0 Å². The first kappa shape index (κ1) is 17.6. The van der Waals surface area contributed by atoms with E-state index in [9.17, 15) is 4.79 Å². The van der Waals surface area contributed by atoms with Crippen molar-refractivity contribution in [2.75, 3.05) is 10.6 Å². The fraction of sp³-hybridized carbons (Fsp3) is 0. The molecule has 0 fully saturated rings. The molecule has 8 nitrogen and oxygen atoms in total. The highest BCUT2D eigenvalue weighted by Gasteiger charge is 2.11. The number of imidazole rings is 1. The number of hydrogen-bond acceptors (Lipinski definition) is 6. The van der Waals surface area contributed by atoms with Crippen LogP contribution in [0.1, 0.15) is 10.4 Å². The van der Waals surface area contributed by atoms with Gasteiger partial charge in [0, 0.05) is 16.6 Å². The molecule has 0 aliphatic carbocycles. The number of nitrogens with one attached hydrogen (secondary N) is 4. The van der Waals surface area contributed by atoms with E-state index in [-0.39, 0.29) is 5.91 Å². The fourth-order valence-electron chi connectivity index (χ4n) is 3.45. The molecule has 1 amide bonds. The van der Waals surface area contributed by atoms with Crippen LogP contribution < -0.4 is 10.6 Å². The normalized spacial score (nSPS) is 11.4. The van der Waals surface area contributed by atoms with E-state index in [4.69, 9.17) is 0 Å². The van der Waals surface area contributed by atoms with Gasteiger partial charge in [0.1, 0.15) is 0 Å². The summed E-state index contributed by atoms with van der Waals surface area (Å²) >= 11 is 1.56. The van der Waals surface area contributed by atoms with E-state index in [1.807, 2.05) is 48.5 Å².